The number of hydrogen-bond acceptors (Lipinski definition) is 4. The van der Waals surface area contributed by atoms with Crippen molar-refractivity contribution in [2.45, 2.75) is 12.5 Å². The second-order valence-corrected chi connectivity index (χ2v) is 3.56. The van der Waals surface area contributed by atoms with Crippen LogP contribution in [-0.2, 0) is 11.2 Å². The first kappa shape index (κ1) is 9.98. The van der Waals surface area contributed by atoms with Crippen LogP contribution >= 0.6 is 0 Å². The van der Waals surface area contributed by atoms with Crippen LogP contribution in [0.2, 0.25) is 0 Å². The van der Waals surface area contributed by atoms with Crippen molar-refractivity contribution in [1.82, 2.24) is 0 Å². The molecule has 1 atom stereocenters. The summed E-state index contributed by atoms with van der Waals surface area (Å²) in [7, 11) is 0. The van der Waals surface area contributed by atoms with Gasteiger partial charge in [0.25, 0.3) is 0 Å². The predicted molar refractivity (Wildman–Crippen MR) is 58.0 cm³/mol. The molecule has 1 aromatic rings. The summed E-state index contributed by atoms with van der Waals surface area (Å²) >= 11 is 0. The van der Waals surface area contributed by atoms with E-state index in [1.807, 2.05) is 6.07 Å². The van der Waals surface area contributed by atoms with E-state index in [9.17, 15) is 5.11 Å². The molecule has 0 spiro atoms. The van der Waals surface area contributed by atoms with Crippen molar-refractivity contribution in [3.05, 3.63) is 29.8 Å². The van der Waals surface area contributed by atoms with Crippen LogP contribution in [0.1, 0.15) is 5.56 Å². The van der Waals surface area contributed by atoms with E-state index in [0.717, 1.165) is 5.56 Å². The van der Waals surface area contributed by atoms with Gasteiger partial charge in [-0.05, 0) is 17.7 Å². The van der Waals surface area contributed by atoms with Gasteiger partial charge in [-0.1, -0.05) is 12.1 Å². The summed E-state index contributed by atoms with van der Waals surface area (Å²) in [5, 5.41) is 9.28. The van der Waals surface area contributed by atoms with E-state index in [0.29, 0.717) is 25.4 Å². The van der Waals surface area contributed by atoms with Gasteiger partial charge in [0.05, 0.1) is 6.54 Å². The van der Waals surface area contributed by atoms with E-state index < -0.39 is 0 Å². The standard InChI is InChI=1S/C11H14N2O2/c12-6-10-7-13-11(15-10)5-8-2-1-3-9(14)4-8/h1-4,10,14H,5-7,12H2. The summed E-state index contributed by atoms with van der Waals surface area (Å²) in [6.45, 7) is 1.14. The first-order valence-corrected chi connectivity index (χ1v) is 4.96. The Hall–Kier alpha value is -1.55. The second kappa shape index (κ2) is 4.31. The van der Waals surface area contributed by atoms with Gasteiger partial charge in [0.2, 0.25) is 0 Å². The zero-order chi connectivity index (χ0) is 10.7. The Bertz CT molecular complexity index is 377. The molecule has 1 aromatic carbocycles. The van der Waals surface area contributed by atoms with Crippen LogP contribution in [0, 0.1) is 0 Å². The summed E-state index contributed by atoms with van der Waals surface area (Å²) in [4.78, 5) is 4.25. The Balaban J connectivity index is 1.98. The summed E-state index contributed by atoms with van der Waals surface area (Å²) < 4.78 is 5.50. The van der Waals surface area contributed by atoms with Gasteiger partial charge in [-0.15, -0.1) is 0 Å². The summed E-state index contributed by atoms with van der Waals surface area (Å²) in [6.07, 6.45) is 0.641. The van der Waals surface area contributed by atoms with Crippen LogP contribution in [-0.4, -0.2) is 30.2 Å². The van der Waals surface area contributed by atoms with E-state index >= 15 is 0 Å². The predicted octanol–water partition coefficient (Wildman–Crippen LogP) is 0.691. The van der Waals surface area contributed by atoms with Crippen molar-refractivity contribution in [3.63, 3.8) is 0 Å². The minimum Gasteiger partial charge on any atom is -0.508 e. The van der Waals surface area contributed by atoms with Crippen molar-refractivity contribution in [2.24, 2.45) is 10.7 Å². The molecule has 1 aliphatic heterocycles. The molecule has 0 aromatic heterocycles. The number of nitrogens with zero attached hydrogens (tertiary/aromatic N) is 1. The van der Waals surface area contributed by atoms with Gasteiger partial charge in [0.15, 0.2) is 5.90 Å². The lowest BCUT2D eigenvalue weighted by Crippen LogP contribution is -2.24. The van der Waals surface area contributed by atoms with Gasteiger partial charge in [-0.3, -0.25) is 4.99 Å². The Kier molecular flexibility index (Phi) is 2.87. The topological polar surface area (TPSA) is 67.8 Å². The van der Waals surface area contributed by atoms with Crippen LogP contribution in [0.3, 0.4) is 0 Å². The maximum absolute atomic E-state index is 9.28. The number of aromatic hydroxyl groups is 1. The molecule has 0 amide bonds. The maximum Gasteiger partial charge on any atom is 0.188 e. The van der Waals surface area contributed by atoms with Crippen molar-refractivity contribution in [1.29, 1.82) is 0 Å². The molecule has 2 rings (SSSR count). The minimum atomic E-state index is 0.0253. The van der Waals surface area contributed by atoms with E-state index in [1.165, 1.54) is 0 Å². The van der Waals surface area contributed by atoms with Crippen molar-refractivity contribution in [2.75, 3.05) is 13.1 Å². The molecule has 0 aliphatic carbocycles. The summed E-state index contributed by atoms with van der Waals surface area (Å²) in [5.74, 6) is 0.970. The molecule has 0 saturated carbocycles. The van der Waals surface area contributed by atoms with Crippen LogP contribution < -0.4 is 5.73 Å². The number of hydrogen-bond donors (Lipinski definition) is 2. The van der Waals surface area contributed by atoms with Gasteiger partial charge in [0, 0.05) is 13.0 Å². The first-order valence-electron chi connectivity index (χ1n) is 4.96. The summed E-state index contributed by atoms with van der Waals surface area (Å²) in [6, 6.07) is 7.09. The average molecular weight is 206 g/mol. The summed E-state index contributed by atoms with van der Waals surface area (Å²) in [5.41, 5.74) is 6.47. The molecule has 0 fully saturated rings. The van der Waals surface area contributed by atoms with Gasteiger partial charge in [-0.2, -0.15) is 0 Å². The zero-order valence-corrected chi connectivity index (χ0v) is 8.39. The second-order valence-electron chi connectivity index (χ2n) is 3.56. The average Bonchev–Trinajstić information content (AvgIpc) is 2.65. The van der Waals surface area contributed by atoms with Crippen molar-refractivity contribution >= 4 is 5.90 Å². The third-order valence-corrected chi connectivity index (χ3v) is 2.30. The molecule has 0 bridgehead atoms. The smallest absolute Gasteiger partial charge is 0.188 e. The quantitative estimate of drug-likeness (QED) is 0.764. The largest absolute Gasteiger partial charge is 0.508 e. The van der Waals surface area contributed by atoms with E-state index in [2.05, 4.69) is 4.99 Å². The molecular formula is C11H14N2O2. The lowest BCUT2D eigenvalue weighted by atomic mass is 10.1. The Morgan fingerprint density at radius 1 is 1.53 bits per heavy atom. The molecule has 1 aliphatic rings. The molecule has 0 radical (unpaired) electrons. The minimum absolute atomic E-state index is 0.0253. The third-order valence-electron chi connectivity index (χ3n) is 2.30. The maximum atomic E-state index is 9.28. The molecular weight excluding hydrogens is 192 g/mol. The SMILES string of the molecule is NCC1CN=C(Cc2cccc(O)c2)O1. The number of ether oxygens (including phenoxy) is 1. The fourth-order valence-electron chi connectivity index (χ4n) is 1.53. The van der Waals surface area contributed by atoms with Crippen LogP contribution in [0.25, 0.3) is 0 Å². The van der Waals surface area contributed by atoms with E-state index in [1.54, 1.807) is 18.2 Å². The van der Waals surface area contributed by atoms with Crippen LogP contribution in [0.15, 0.2) is 29.3 Å². The van der Waals surface area contributed by atoms with Crippen molar-refractivity contribution in [3.8, 4) is 5.75 Å². The third kappa shape index (κ3) is 2.47. The molecule has 4 nitrogen and oxygen atoms in total. The molecule has 15 heavy (non-hydrogen) atoms. The number of phenolic OH excluding ortho intramolecular Hbond substituents is 1. The fraction of sp³-hybridized carbons (Fsp3) is 0.364. The molecule has 80 valence electrons. The Labute approximate surface area is 88.4 Å². The Morgan fingerprint density at radius 2 is 2.40 bits per heavy atom. The van der Waals surface area contributed by atoms with Gasteiger partial charge >= 0.3 is 0 Å². The van der Waals surface area contributed by atoms with Crippen molar-refractivity contribution < 1.29 is 9.84 Å². The van der Waals surface area contributed by atoms with Gasteiger partial charge < -0.3 is 15.6 Å². The van der Waals surface area contributed by atoms with Gasteiger partial charge in [0.1, 0.15) is 11.9 Å². The van der Waals surface area contributed by atoms with E-state index in [-0.39, 0.29) is 11.9 Å². The van der Waals surface area contributed by atoms with Crippen LogP contribution in [0.5, 0.6) is 5.75 Å². The highest BCUT2D eigenvalue weighted by molar-refractivity contribution is 5.80. The number of nitrogens with two attached hydrogens (primary N) is 1. The number of phenols is 1. The number of benzene rings is 1. The number of rotatable bonds is 3. The highest BCUT2D eigenvalue weighted by Crippen LogP contribution is 2.14. The molecule has 1 unspecified atom stereocenters. The molecule has 4 heteroatoms. The molecule has 3 N–H and O–H groups in total. The van der Waals surface area contributed by atoms with E-state index in [4.69, 9.17) is 10.5 Å². The highest BCUT2D eigenvalue weighted by atomic mass is 16.5. The monoisotopic (exact) mass is 206 g/mol. The zero-order valence-electron chi connectivity index (χ0n) is 8.39. The first-order chi connectivity index (χ1) is 7.28. The molecule has 0 saturated heterocycles. The number of aliphatic imine (C=N–C) groups is 1. The highest BCUT2D eigenvalue weighted by Gasteiger charge is 2.17. The van der Waals surface area contributed by atoms with Gasteiger partial charge in [-0.25, -0.2) is 0 Å². The lowest BCUT2D eigenvalue weighted by molar-refractivity contribution is 0.228. The lowest BCUT2D eigenvalue weighted by Gasteiger charge is -2.08. The Morgan fingerprint density at radius 3 is 3.07 bits per heavy atom. The normalized spacial score (nSPS) is 19.8. The van der Waals surface area contributed by atoms with Crippen LogP contribution in [0.4, 0.5) is 0 Å². The fourth-order valence-corrected chi connectivity index (χ4v) is 1.53. The molecule has 1 heterocycles.